The number of hydrogen-bond acceptors (Lipinski definition) is 4. The second-order valence-electron chi connectivity index (χ2n) is 7.88. The molecule has 0 fully saturated rings. The van der Waals surface area contributed by atoms with Crippen molar-refractivity contribution in [2.75, 3.05) is 13.6 Å². The lowest BCUT2D eigenvalue weighted by Crippen LogP contribution is -2.02. The molecule has 0 saturated heterocycles. The molecule has 164 valence electrons. The lowest BCUT2D eigenvalue weighted by atomic mass is 9.92. The molecule has 0 bridgehead atoms. The van der Waals surface area contributed by atoms with E-state index >= 15 is 0 Å². The molecular formula is C29H24O4. The van der Waals surface area contributed by atoms with Gasteiger partial charge in [0, 0.05) is 5.56 Å². The quantitative estimate of drug-likeness (QED) is 0.302. The largest absolute Gasteiger partial charge is 0.467 e. The van der Waals surface area contributed by atoms with Gasteiger partial charge in [-0.1, -0.05) is 72.8 Å². The number of rotatable bonds is 7. The van der Waals surface area contributed by atoms with Crippen LogP contribution in [0.1, 0.15) is 5.56 Å². The molecule has 0 heterocycles. The summed E-state index contributed by atoms with van der Waals surface area (Å²) in [4.78, 5) is 0. The van der Waals surface area contributed by atoms with Gasteiger partial charge in [-0.3, -0.25) is 0 Å². The van der Waals surface area contributed by atoms with Crippen LogP contribution in [0.25, 0.3) is 43.8 Å². The lowest BCUT2D eigenvalue weighted by molar-refractivity contribution is -0.0110. The first-order valence-corrected chi connectivity index (χ1v) is 10.8. The molecule has 5 aromatic rings. The minimum atomic E-state index is -0.426. The van der Waals surface area contributed by atoms with Gasteiger partial charge in [0.25, 0.3) is 0 Å². The smallest absolute Gasteiger partial charge is 0.186 e. The van der Waals surface area contributed by atoms with E-state index in [0.29, 0.717) is 5.75 Å². The lowest BCUT2D eigenvalue weighted by Gasteiger charge is -2.18. The van der Waals surface area contributed by atoms with Gasteiger partial charge in [-0.15, -0.1) is 0 Å². The Bertz CT molecular complexity index is 1420. The molecule has 0 unspecified atom stereocenters. The van der Waals surface area contributed by atoms with Crippen molar-refractivity contribution in [3.8, 4) is 28.0 Å². The highest BCUT2D eigenvalue weighted by Crippen LogP contribution is 2.39. The second kappa shape index (κ2) is 9.43. The number of aliphatic hydroxyl groups is 2. The van der Waals surface area contributed by atoms with Crippen molar-refractivity contribution in [1.82, 2.24) is 0 Å². The van der Waals surface area contributed by atoms with Gasteiger partial charge < -0.3 is 19.7 Å². The Hall–Kier alpha value is -3.70. The minimum absolute atomic E-state index is 0.249. The Morgan fingerprint density at radius 2 is 1.12 bits per heavy atom. The van der Waals surface area contributed by atoms with E-state index in [1.165, 1.54) is 0 Å². The molecule has 0 aliphatic carbocycles. The molecule has 4 nitrogen and oxygen atoms in total. The van der Waals surface area contributed by atoms with E-state index in [1.807, 2.05) is 42.5 Å². The van der Waals surface area contributed by atoms with Crippen LogP contribution in [0.5, 0.6) is 5.75 Å². The summed E-state index contributed by atoms with van der Waals surface area (Å²) in [6.07, 6.45) is 0. The molecular weight excluding hydrogens is 412 g/mol. The normalized spacial score (nSPS) is 11.2. The molecule has 4 heteroatoms. The van der Waals surface area contributed by atoms with Gasteiger partial charge in [-0.25, -0.2) is 0 Å². The summed E-state index contributed by atoms with van der Waals surface area (Å²) in [5.74, 6) is 0.587. The van der Waals surface area contributed by atoms with Gasteiger partial charge in [-0.05, 0) is 68.1 Å². The zero-order valence-electron chi connectivity index (χ0n) is 18.1. The molecule has 0 aliphatic rings. The summed E-state index contributed by atoms with van der Waals surface area (Å²) >= 11 is 0. The van der Waals surface area contributed by atoms with Gasteiger partial charge in [0.15, 0.2) is 6.79 Å². The topological polar surface area (TPSA) is 58.9 Å². The summed E-state index contributed by atoms with van der Waals surface area (Å²) in [5, 5.41) is 23.5. The number of benzene rings is 5. The van der Waals surface area contributed by atoms with E-state index in [4.69, 9.17) is 9.47 Å². The number of aliphatic hydroxyl groups excluding tert-OH is 2. The first-order valence-electron chi connectivity index (χ1n) is 10.8. The van der Waals surface area contributed by atoms with Crippen LogP contribution in [-0.4, -0.2) is 23.8 Å². The van der Waals surface area contributed by atoms with Crippen LogP contribution in [-0.2, 0) is 11.3 Å². The monoisotopic (exact) mass is 436 g/mol. The molecule has 33 heavy (non-hydrogen) atoms. The number of ether oxygens (including phenoxy) is 2. The highest BCUT2D eigenvalue weighted by atomic mass is 16.6. The van der Waals surface area contributed by atoms with E-state index in [9.17, 15) is 10.2 Å². The molecule has 0 radical (unpaired) electrons. The predicted octanol–water partition coefficient (Wildman–Crippen LogP) is 6.12. The average Bonchev–Trinajstić information content (AvgIpc) is 2.87. The van der Waals surface area contributed by atoms with Crippen molar-refractivity contribution < 1.29 is 19.7 Å². The van der Waals surface area contributed by atoms with Crippen molar-refractivity contribution in [3.63, 3.8) is 0 Å². The molecule has 0 saturated carbocycles. The highest BCUT2D eigenvalue weighted by molar-refractivity contribution is 5.91. The second-order valence-corrected chi connectivity index (χ2v) is 7.88. The van der Waals surface area contributed by atoms with Crippen molar-refractivity contribution >= 4 is 21.5 Å². The molecule has 0 aliphatic heterocycles. The van der Waals surface area contributed by atoms with Crippen LogP contribution < -0.4 is 4.74 Å². The predicted molar refractivity (Wildman–Crippen MR) is 132 cm³/mol. The molecule has 5 rings (SSSR count). The third-order valence-corrected chi connectivity index (χ3v) is 5.90. The molecule has 0 amide bonds. The van der Waals surface area contributed by atoms with Crippen LogP contribution in [0, 0.1) is 0 Å². The molecule has 0 aromatic heterocycles. The van der Waals surface area contributed by atoms with Gasteiger partial charge in [0.05, 0.1) is 6.61 Å². The summed E-state index contributed by atoms with van der Waals surface area (Å²) in [6.45, 7) is -0.541. The van der Waals surface area contributed by atoms with Gasteiger partial charge in [0.1, 0.15) is 12.5 Å². The van der Waals surface area contributed by atoms with Crippen molar-refractivity contribution in [3.05, 3.63) is 103 Å². The first-order chi connectivity index (χ1) is 16.3. The van der Waals surface area contributed by atoms with Crippen LogP contribution in [0.15, 0.2) is 97.1 Å². The van der Waals surface area contributed by atoms with E-state index < -0.39 is 6.79 Å². The number of hydrogen-bond donors (Lipinski definition) is 2. The third-order valence-electron chi connectivity index (χ3n) is 5.90. The van der Waals surface area contributed by atoms with Gasteiger partial charge >= 0.3 is 0 Å². The maximum atomic E-state index is 9.60. The maximum Gasteiger partial charge on any atom is 0.186 e. The molecule has 0 spiro atoms. The standard InChI is InChI=1S/C29H24O4/c30-18-32-17-26-15-28(25-12-10-21-6-2-4-8-23(21)14-25)29(33-19-31)16-27(26)24-11-9-20-5-1-3-7-22(20)13-24/h1-16,30-31H,17-19H2. The Labute approximate surface area is 192 Å². The maximum absolute atomic E-state index is 9.60. The van der Waals surface area contributed by atoms with Gasteiger partial charge in [-0.2, -0.15) is 0 Å². The summed E-state index contributed by atoms with van der Waals surface area (Å²) < 4.78 is 11.1. The van der Waals surface area contributed by atoms with E-state index in [1.54, 1.807) is 0 Å². The van der Waals surface area contributed by atoms with E-state index in [2.05, 4.69) is 54.6 Å². The SMILES string of the molecule is OCOCc1cc(-c2ccc3ccccc3c2)c(OCO)cc1-c1ccc2ccccc2c1. The summed E-state index contributed by atoms with van der Waals surface area (Å²) in [5.41, 5.74) is 4.71. The Morgan fingerprint density at radius 3 is 1.70 bits per heavy atom. The highest BCUT2D eigenvalue weighted by Gasteiger charge is 2.15. The van der Waals surface area contributed by atoms with E-state index in [0.717, 1.165) is 49.4 Å². The fourth-order valence-corrected chi connectivity index (χ4v) is 4.30. The average molecular weight is 437 g/mol. The Kier molecular flexibility index (Phi) is 6.05. The minimum Gasteiger partial charge on any atom is -0.467 e. The van der Waals surface area contributed by atoms with Crippen LogP contribution >= 0.6 is 0 Å². The number of fused-ring (bicyclic) bond motifs is 2. The van der Waals surface area contributed by atoms with Crippen molar-refractivity contribution in [2.24, 2.45) is 0 Å². The summed E-state index contributed by atoms with van der Waals surface area (Å²) in [6, 6.07) is 32.9. The summed E-state index contributed by atoms with van der Waals surface area (Å²) in [7, 11) is 0. The van der Waals surface area contributed by atoms with Crippen LogP contribution in [0.4, 0.5) is 0 Å². The Morgan fingerprint density at radius 1 is 0.545 bits per heavy atom. The molecule has 5 aromatic carbocycles. The molecule has 2 N–H and O–H groups in total. The van der Waals surface area contributed by atoms with E-state index in [-0.39, 0.29) is 13.4 Å². The van der Waals surface area contributed by atoms with Crippen LogP contribution in [0.3, 0.4) is 0 Å². The fourth-order valence-electron chi connectivity index (χ4n) is 4.30. The first kappa shape index (κ1) is 21.2. The van der Waals surface area contributed by atoms with Gasteiger partial charge in [0.2, 0.25) is 0 Å². The third kappa shape index (κ3) is 4.32. The zero-order chi connectivity index (χ0) is 22.6. The fraction of sp³-hybridized carbons (Fsp3) is 0.103. The molecule has 0 atom stereocenters. The Balaban J connectivity index is 1.69. The zero-order valence-corrected chi connectivity index (χ0v) is 18.1. The van der Waals surface area contributed by atoms with Crippen molar-refractivity contribution in [1.29, 1.82) is 0 Å². The van der Waals surface area contributed by atoms with Crippen molar-refractivity contribution in [2.45, 2.75) is 6.61 Å². The van der Waals surface area contributed by atoms with Crippen LogP contribution in [0.2, 0.25) is 0 Å².